The van der Waals surface area contributed by atoms with Crippen molar-refractivity contribution in [1.82, 2.24) is 0 Å². The lowest BCUT2D eigenvalue weighted by Crippen LogP contribution is -2.43. The normalized spacial score (nSPS) is 58.7. The molecule has 0 heterocycles. The summed E-state index contributed by atoms with van der Waals surface area (Å²) in [6, 6.07) is 0. The Morgan fingerprint density at radius 1 is 0.938 bits per heavy atom. The van der Waals surface area contributed by atoms with E-state index < -0.39 is 0 Å². The van der Waals surface area contributed by atoms with Crippen LogP contribution < -0.4 is 0 Å². The van der Waals surface area contributed by atoms with Crippen LogP contribution in [0.2, 0.25) is 0 Å². The lowest BCUT2D eigenvalue weighted by atomic mass is 9.63. The molecule has 1 heteroatoms. The van der Waals surface area contributed by atoms with Crippen LogP contribution in [0.1, 0.15) is 59.8 Å². The summed E-state index contributed by atoms with van der Waals surface area (Å²) in [5.74, 6) is 1.34. The van der Waals surface area contributed by atoms with Crippen LogP contribution in [-0.4, -0.2) is 11.2 Å². The summed E-state index contributed by atoms with van der Waals surface area (Å²) >= 11 is 0. The minimum absolute atomic E-state index is 0.0495. The standard InChI is InChI=1S/C15H26O/c1-13(2)7-5-8-14(3)10-6-9-15(14,4)12(16)11(10)13/h10-12,16H,5-9H2,1-4H3/t10-,11-,12+,14+,15+/m0/s1. The van der Waals surface area contributed by atoms with E-state index in [0.29, 0.717) is 16.7 Å². The molecule has 1 nitrogen and oxygen atoms in total. The van der Waals surface area contributed by atoms with E-state index in [-0.39, 0.29) is 11.5 Å². The second-order valence-electron chi connectivity index (χ2n) is 7.79. The van der Waals surface area contributed by atoms with Crippen LogP contribution in [0, 0.1) is 28.1 Å². The molecule has 1 N–H and O–H groups in total. The molecule has 0 aromatic heterocycles. The van der Waals surface area contributed by atoms with Gasteiger partial charge in [-0.25, -0.2) is 0 Å². The number of rotatable bonds is 0. The molecule has 0 amide bonds. The number of aliphatic hydroxyl groups is 1. The maximum absolute atomic E-state index is 10.8. The molecular formula is C15H26O. The molecule has 5 atom stereocenters. The van der Waals surface area contributed by atoms with Crippen LogP contribution in [0.5, 0.6) is 0 Å². The molecule has 0 aromatic carbocycles. The lowest BCUT2D eigenvalue weighted by Gasteiger charge is -2.44. The van der Waals surface area contributed by atoms with Gasteiger partial charge >= 0.3 is 0 Å². The van der Waals surface area contributed by atoms with Crippen molar-refractivity contribution in [1.29, 1.82) is 0 Å². The van der Waals surface area contributed by atoms with E-state index >= 15 is 0 Å². The van der Waals surface area contributed by atoms with Gasteiger partial charge in [0.05, 0.1) is 6.10 Å². The van der Waals surface area contributed by atoms with Crippen LogP contribution in [0.15, 0.2) is 0 Å². The molecule has 4 bridgehead atoms. The lowest BCUT2D eigenvalue weighted by molar-refractivity contribution is -0.0578. The van der Waals surface area contributed by atoms with Crippen LogP contribution in [0.4, 0.5) is 0 Å². The van der Waals surface area contributed by atoms with Crippen LogP contribution >= 0.6 is 0 Å². The highest BCUT2D eigenvalue weighted by atomic mass is 16.3. The summed E-state index contributed by atoms with van der Waals surface area (Å²) in [5, 5.41) is 10.8. The third kappa shape index (κ3) is 0.978. The summed E-state index contributed by atoms with van der Waals surface area (Å²) in [4.78, 5) is 0. The third-order valence-electron chi connectivity index (χ3n) is 6.94. The van der Waals surface area contributed by atoms with Crippen molar-refractivity contribution in [2.24, 2.45) is 28.1 Å². The first-order chi connectivity index (χ1) is 7.33. The second kappa shape index (κ2) is 2.85. The smallest absolute Gasteiger partial charge is 0.0635 e. The summed E-state index contributed by atoms with van der Waals surface area (Å²) < 4.78 is 0. The van der Waals surface area contributed by atoms with Crippen molar-refractivity contribution in [3.05, 3.63) is 0 Å². The Balaban J connectivity index is 2.12. The highest BCUT2D eigenvalue weighted by Crippen LogP contribution is 2.74. The molecule has 3 aliphatic carbocycles. The average Bonchev–Trinajstić information content (AvgIpc) is 2.47. The minimum atomic E-state index is -0.0495. The average molecular weight is 222 g/mol. The summed E-state index contributed by atoms with van der Waals surface area (Å²) in [6.45, 7) is 9.60. The van der Waals surface area contributed by atoms with Crippen LogP contribution in [0.25, 0.3) is 0 Å². The van der Waals surface area contributed by atoms with Crippen LogP contribution in [-0.2, 0) is 0 Å². The fraction of sp³-hybridized carbons (Fsp3) is 1.00. The Bertz CT molecular complexity index is 321. The maximum Gasteiger partial charge on any atom is 0.0635 e. The molecule has 0 saturated heterocycles. The van der Waals surface area contributed by atoms with E-state index in [2.05, 4.69) is 27.7 Å². The quantitative estimate of drug-likeness (QED) is 0.664. The monoisotopic (exact) mass is 222 g/mol. The summed E-state index contributed by atoms with van der Waals surface area (Å²) in [7, 11) is 0. The van der Waals surface area contributed by atoms with E-state index in [0.717, 1.165) is 5.92 Å². The molecule has 3 aliphatic rings. The van der Waals surface area contributed by atoms with E-state index in [1.807, 2.05) is 0 Å². The fourth-order valence-electron chi connectivity index (χ4n) is 5.68. The molecular weight excluding hydrogens is 196 g/mol. The topological polar surface area (TPSA) is 20.2 Å². The maximum atomic E-state index is 10.8. The summed E-state index contributed by atoms with van der Waals surface area (Å²) in [6.07, 6.45) is 6.56. The molecule has 92 valence electrons. The zero-order valence-electron chi connectivity index (χ0n) is 11.2. The molecule has 0 aromatic rings. The predicted molar refractivity (Wildman–Crippen MR) is 66.1 cm³/mol. The first kappa shape index (κ1) is 11.1. The van der Waals surface area contributed by atoms with Crippen molar-refractivity contribution < 1.29 is 5.11 Å². The van der Waals surface area contributed by atoms with Crippen molar-refractivity contribution in [2.75, 3.05) is 0 Å². The Labute approximate surface area is 99.6 Å². The first-order valence-electron chi connectivity index (χ1n) is 7.01. The Kier molecular flexibility index (Phi) is 1.98. The third-order valence-corrected chi connectivity index (χ3v) is 6.94. The van der Waals surface area contributed by atoms with E-state index in [4.69, 9.17) is 0 Å². The van der Waals surface area contributed by atoms with Gasteiger partial charge in [0.15, 0.2) is 0 Å². The Morgan fingerprint density at radius 3 is 2.31 bits per heavy atom. The van der Waals surface area contributed by atoms with E-state index in [9.17, 15) is 5.11 Å². The van der Waals surface area contributed by atoms with Gasteiger partial charge in [0.25, 0.3) is 0 Å². The zero-order chi connectivity index (χ0) is 11.8. The van der Waals surface area contributed by atoms with Gasteiger partial charge in [0.2, 0.25) is 0 Å². The SMILES string of the molecule is CC1(C)CCC[C@]2(C)[C@H]3CC[C@]2(C)[C@H](O)[C@H]31. The second-order valence-corrected chi connectivity index (χ2v) is 7.79. The van der Waals surface area contributed by atoms with Gasteiger partial charge in [-0.1, -0.05) is 34.1 Å². The van der Waals surface area contributed by atoms with Crippen molar-refractivity contribution in [3.8, 4) is 0 Å². The molecule has 0 spiro atoms. The van der Waals surface area contributed by atoms with Gasteiger partial charge in [-0.2, -0.15) is 0 Å². The molecule has 0 unspecified atom stereocenters. The molecule has 3 saturated carbocycles. The number of hydrogen-bond acceptors (Lipinski definition) is 1. The molecule has 3 fully saturated rings. The largest absolute Gasteiger partial charge is 0.392 e. The van der Waals surface area contributed by atoms with Gasteiger partial charge in [0.1, 0.15) is 0 Å². The minimum Gasteiger partial charge on any atom is -0.392 e. The highest BCUT2D eigenvalue weighted by Gasteiger charge is 2.70. The van der Waals surface area contributed by atoms with Crippen molar-refractivity contribution >= 4 is 0 Å². The zero-order valence-corrected chi connectivity index (χ0v) is 11.2. The molecule has 16 heavy (non-hydrogen) atoms. The Morgan fingerprint density at radius 2 is 1.62 bits per heavy atom. The molecule has 0 aliphatic heterocycles. The molecule has 0 radical (unpaired) electrons. The van der Waals surface area contributed by atoms with Crippen molar-refractivity contribution in [2.45, 2.75) is 65.9 Å². The summed E-state index contributed by atoms with van der Waals surface area (Å²) in [5.41, 5.74) is 0.977. The van der Waals surface area contributed by atoms with Gasteiger partial charge in [-0.15, -0.1) is 0 Å². The number of hydrogen-bond donors (Lipinski definition) is 1. The number of aliphatic hydroxyl groups excluding tert-OH is 1. The van der Waals surface area contributed by atoms with Crippen LogP contribution in [0.3, 0.4) is 0 Å². The fourth-order valence-corrected chi connectivity index (χ4v) is 5.68. The van der Waals surface area contributed by atoms with E-state index in [1.54, 1.807) is 0 Å². The van der Waals surface area contributed by atoms with Gasteiger partial charge in [-0.3, -0.25) is 0 Å². The van der Waals surface area contributed by atoms with E-state index in [1.165, 1.54) is 32.1 Å². The van der Waals surface area contributed by atoms with Gasteiger partial charge < -0.3 is 5.11 Å². The first-order valence-corrected chi connectivity index (χ1v) is 7.01. The Hall–Kier alpha value is -0.0400. The predicted octanol–water partition coefficient (Wildman–Crippen LogP) is 3.61. The molecule has 3 rings (SSSR count). The van der Waals surface area contributed by atoms with Gasteiger partial charge in [0, 0.05) is 0 Å². The van der Waals surface area contributed by atoms with Crippen molar-refractivity contribution in [3.63, 3.8) is 0 Å². The van der Waals surface area contributed by atoms with Gasteiger partial charge in [-0.05, 0) is 53.8 Å². The highest BCUT2D eigenvalue weighted by molar-refractivity contribution is 5.19.